The number of H-pyrrole nitrogens is 1. The predicted octanol–water partition coefficient (Wildman–Crippen LogP) is 1.26. The van der Waals surface area contributed by atoms with Gasteiger partial charge in [-0.3, -0.25) is 14.9 Å². The molecule has 0 radical (unpaired) electrons. The van der Waals surface area contributed by atoms with Crippen LogP contribution in [-0.4, -0.2) is 38.1 Å². The molecule has 4 rings (SSSR count). The summed E-state index contributed by atoms with van der Waals surface area (Å²) in [5, 5.41) is 9.60. The Bertz CT molecular complexity index is 954. The third-order valence-electron chi connectivity index (χ3n) is 4.07. The number of esters is 1. The van der Waals surface area contributed by atoms with Gasteiger partial charge in [0.2, 0.25) is 0 Å². The molecule has 130 valence electrons. The van der Waals surface area contributed by atoms with E-state index in [-0.39, 0.29) is 12.5 Å². The van der Waals surface area contributed by atoms with Crippen LogP contribution >= 0.6 is 0 Å². The first kappa shape index (κ1) is 15.9. The molecule has 0 saturated heterocycles. The number of rotatable bonds is 4. The molecular weight excluding hydrogens is 334 g/mol. The summed E-state index contributed by atoms with van der Waals surface area (Å²) in [5.74, 6) is 0.151. The zero-order valence-electron chi connectivity index (χ0n) is 13.7. The first-order chi connectivity index (χ1) is 12.7. The number of pyridine rings is 1. The lowest BCUT2D eigenvalue weighted by Gasteiger charge is -2.23. The summed E-state index contributed by atoms with van der Waals surface area (Å²) in [6, 6.07) is 10.8. The lowest BCUT2D eigenvalue weighted by atomic mass is 9.98. The molecule has 1 aliphatic heterocycles. The fourth-order valence-corrected chi connectivity index (χ4v) is 2.76. The van der Waals surface area contributed by atoms with E-state index in [1.165, 1.54) is 0 Å². The Morgan fingerprint density at radius 2 is 2.15 bits per heavy atom. The molecule has 0 saturated carbocycles. The Morgan fingerprint density at radius 1 is 1.27 bits per heavy atom. The second-order valence-corrected chi connectivity index (χ2v) is 5.82. The molecule has 0 fully saturated rings. The van der Waals surface area contributed by atoms with Crippen molar-refractivity contribution in [3.05, 3.63) is 65.7 Å². The third kappa shape index (κ3) is 3.16. The van der Waals surface area contributed by atoms with Crippen molar-refractivity contribution in [2.45, 2.75) is 19.1 Å². The molecule has 2 N–H and O–H groups in total. The summed E-state index contributed by atoms with van der Waals surface area (Å²) in [6.07, 6.45) is 2.83. The standard InChI is InChI=1S/C18H15N5O3/c24-17(14-8-11-4-1-2-6-13(11)18(25)26-14)20-10-15-21-16(23-22-15)12-5-3-7-19-9-12/h1-7,9,14H,8,10H2,(H,20,24)(H,21,22,23). The molecule has 1 atom stereocenters. The molecule has 2 aromatic heterocycles. The summed E-state index contributed by atoms with van der Waals surface area (Å²) in [6.45, 7) is 0.155. The van der Waals surface area contributed by atoms with E-state index >= 15 is 0 Å². The van der Waals surface area contributed by atoms with Crippen molar-refractivity contribution < 1.29 is 14.3 Å². The Kier molecular flexibility index (Phi) is 4.14. The zero-order valence-corrected chi connectivity index (χ0v) is 13.7. The highest BCUT2D eigenvalue weighted by atomic mass is 16.5. The normalized spacial score (nSPS) is 15.8. The second-order valence-electron chi connectivity index (χ2n) is 5.82. The van der Waals surface area contributed by atoms with Crippen molar-refractivity contribution in [3.8, 4) is 11.4 Å². The number of aromatic nitrogens is 4. The van der Waals surface area contributed by atoms with Crippen LogP contribution in [0.15, 0.2) is 48.8 Å². The molecule has 1 unspecified atom stereocenters. The zero-order chi connectivity index (χ0) is 17.9. The number of carbonyl (C=O) groups is 2. The van der Waals surface area contributed by atoms with E-state index in [1.54, 1.807) is 30.6 Å². The Labute approximate surface area is 148 Å². The van der Waals surface area contributed by atoms with E-state index in [2.05, 4.69) is 25.5 Å². The number of cyclic esters (lactones) is 1. The first-order valence-corrected chi connectivity index (χ1v) is 8.09. The molecule has 1 aromatic carbocycles. The van der Waals surface area contributed by atoms with Gasteiger partial charge >= 0.3 is 5.97 Å². The SMILES string of the molecule is O=C1OC(C(=O)NCc2nc(-c3cccnc3)n[nH]2)Cc2ccccc21. The van der Waals surface area contributed by atoms with Crippen molar-refractivity contribution >= 4 is 11.9 Å². The van der Waals surface area contributed by atoms with E-state index in [1.807, 2.05) is 18.2 Å². The number of ether oxygens (including phenoxy) is 1. The minimum atomic E-state index is -0.849. The molecule has 0 spiro atoms. The van der Waals surface area contributed by atoms with Crippen molar-refractivity contribution in [2.75, 3.05) is 0 Å². The number of hydrogen-bond acceptors (Lipinski definition) is 6. The Morgan fingerprint density at radius 3 is 3.00 bits per heavy atom. The van der Waals surface area contributed by atoms with Crippen LogP contribution in [-0.2, 0) is 22.5 Å². The van der Waals surface area contributed by atoms with Crippen LogP contribution in [0, 0.1) is 0 Å². The molecule has 8 heteroatoms. The molecule has 8 nitrogen and oxygen atoms in total. The fraction of sp³-hybridized carbons (Fsp3) is 0.167. The van der Waals surface area contributed by atoms with Crippen molar-refractivity contribution in [3.63, 3.8) is 0 Å². The average Bonchev–Trinajstić information content (AvgIpc) is 3.16. The first-order valence-electron chi connectivity index (χ1n) is 8.09. The smallest absolute Gasteiger partial charge is 0.339 e. The quantitative estimate of drug-likeness (QED) is 0.686. The average molecular weight is 349 g/mol. The molecule has 1 amide bonds. The van der Waals surface area contributed by atoms with Crippen LogP contribution in [0.4, 0.5) is 0 Å². The Balaban J connectivity index is 1.39. The van der Waals surface area contributed by atoms with E-state index in [9.17, 15) is 9.59 Å². The lowest BCUT2D eigenvalue weighted by Crippen LogP contribution is -2.41. The molecule has 0 bridgehead atoms. The highest BCUT2D eigenvalue weighted by molar-refractivity contribution is 5.95. The molecule has 0 aliphatic carbocycles. The van der Waals surface area contributed by atoms with Crippen LogP contribution < -0.4 is 5.32 Å². The second kappa shape index (κ2) is 6.75. The summed E-state index contributed by atoms with van der Waals surface area (Å²) in [7, 11) is 0. The fourth-order valence-electron chi connectivity index (χ4n) is 2.76. The number of aromatic amines is 1. The number of hydrogen-bond donors (Lipinski definition) is 2. The van der Waals surface area contributed by atoms with Crippen LogP contribution in [0.3, 0.4) is 0 Å². The largest absolute Gasteiger partial charge is 0.448 e. The number of benzene rings is 1. The highest BCUT2D eigenvalue weighted by Crippen LogP contribution is 2.20. The van der Waals surface area contributed by atoms with Gasteiger partial charge in [-0.15, -0.1) is 0 Å². The van der Waals surface area contributed by atoms with Gasteiger partial charge in [0.25, 0.3) is 5.91 Å². The van der Waals surface area contributed by atoms with Crippen LogP contribution in [0.2, 0.25) is 0 Å². The van der Waals surface area contributed by atoms with Gasteiger partial charge < -0.3 is 10.1 Å². The highest BCUT2D eigenvalue weighted by Gasteiger charge is 2.30. The summed E-state index contributed by atoms with van der Waals surface area (Å²) < 4.78 is 5.23. The van der Waals surface area contributed by atoms with Gasteiger partial charge in [-0.1, -0.05) is 18.2 Å². The summed E-state index contributed by atoms with van der Waals surface area (Å²) in [5.41, 5.74) is 2.09. The maximum absolute atomic E-state index is 12.3. The third-order valence-corrected chi connectivity index (χ3v) is 4.07. The summed E-state index contributed by atoms with van der Waals surface area (Å²) >= 11 is 0. The van der Waals surface area contributed by atoms with Gasteiger partial charge in [0.15, 0.2) is 11.9 Å². The van der Waals surface area contributed by atoms with Crippen LogP contribution in [0.1, 0.15) is 21.7 Å². The molecule has 3 heterocycles. The van der Waals surface area contributed by atoms with Gasteiger partial charge in [0.05, 0.1) is 12.1 Å². The van der Waals surface area contributed by atoms with Gasteiger partial charge in [-0.05, 0) is 23.8 Å². The molecule has 1 aliphatic rings. The topological polar surface area (TPSA) is 110 Å². The number of nitrogens with zero attached hydrogens (tertiary/aromatic N) is 3. The maximum Gasteiger partial charge on any atom is 0.339 e. The van der Waals surface area contributed by atoms with Gasteiger partial charge in [-0.2, -0.15) is 5.10 Å². The molecule has 3 aromatic rings. The number of amides is 1. The Hall–Kier alpha value is -3.55. The monoisotopic (exact) mass is 349 g/mol. The van der Waals surface area contributed by atoms with Gasteiger partial charge in [0, 0.05) is 24.4 Å². The van der Waals surface area contributed by atoms with Crippen molar-refractivity contribution in [1.82, 2.24) is 25.5 Å². The minimum Gasteiger partial charge on any atom is -0.448 e. The van der Waals surface area contributed by atoms with Crippen molar-refractivity contribution in [2.24, 2.45) is 0 Å². The van der Waals surface area contributed by atoms with E-state index < -0.39 is 12.1 Å². The number of carbonyl (C=O) groups excluding carboxylic acids is 2. The summed E-state index contributed by atoms with van der Waals surface area (Å²) in [4.78, 5) is 32.7. The van der Waals surface area contributed by atoms with Gasteiger partial charge in [0.1, 0.15) is 5.82 Å². The van der Waals surface area contributed by atoms with E-state index in [4.69, 9.17) is 4.74 Å². The molecule has 26 heavy (non-hydrogen) atoms. The van der Waals surface area contributed by atoms with Crippen LogP contribution in [0.25, 0.3) is 11.4 Å². The number of fused-ring (bicyclic) bond motifs is 1. The maximum atomic E-state index is 12.3. The lowest BCUT2D eigenvalue weighted by molar-refractivity contribution is -0.130. The van der Waals surface area contributed by atoms with Gasteiger partial charge in [-0.25, -0.2) is 9.78 Å². The van der Waals surface area contributed by atoms with E-state index in [0.29, 0.717) is 23.6 Å². The molecular formula is C18H15N5O3. The van der Waals surface area contributed by atoms with E-state index in [0.717, 1.165) is 11.1 Å². The van der Waals surface area contributed by atoms with Crippen LogP contribution in [0.5, 0.6) is 0 Å². The van der Waals surface area contributed by atoms with Crippen molar-refractivity contribution in [1.29, 1.82) is 0 Å². The number of nitrogens with one attached hydrogen (secondary N) is 2. The minimum absolute atomic E-state index is 0.155. The predicted molar refractivity (Wildman–Crippen MR) is 90.8 cm³/mol.